The van der Waals surface area contributed by atoms with Gasteiger partial charge in [-0.05, 0) is 5.56 Å². The van der Waals surface area contributed by atoms with E-state index in [1.54, 1.807) is 0 Å². The van der Waals surface area contributed by atoms with E-state index in [-0.39, 0.29) is 18.1 Å². The molecule has 1 heterocycles. The molecule has 2 N–H and O–H groups in total. The van der Waals surface area contributed by atoms with Crippen LogP contribution in [0.3, 0.4) is 0 Å². The minimum absolute atomic E-state index is 0.126. The Hall–Kier alpha value is -0.900. The van der Waals surface area contributed by atoms with Gasteiger partial charge in [-0.1, -0.05) is 44.2 Å². The third-order valence-electron chi connectivity index (χ3n) is 3.78. The average Bonchev–Trinajstić information content (AvgIpc) is 2.41. The molecule has 0 saturated carbocycles. The molecule has 1 atom stereocenters. The Morgan fingerprint density at radius 2 is 1.83 bits per heavy atom. The van der Waals surface area contributed by atoms with E-state index < -0.39 is 0 Å². The lowest BCUT2D eigenvalue weighted by Gasteiger charge is -2.43. The van der Waals surface area contributed by atoms with Gasteiger partial charge in [-0.25, -0.2) is 0 Å². The summed E-state index contributed by atoms with van der Waals surface area (Å²) in [5, 5.41) is 13.1. The lowest BCUT2D eigenvalue weighted by atomic mass is 9.80. The lowest BCUT2D eigenvalue weighted by Crippen LogP contribution is -2.49. The van der Waals surface area contributed by atoms with Gasteiger partial charge in [-0.15, -0.1) is 0 Å². The van der Waals surface area contributed by atoms with E-state index in [0.29, 0.717) is 0 Å². The van der Waals surface area contributed by atoms with E-state index in [4.69, 9.17) is 0 Å². The molecular formula is C15H24N2O. The predicted octanol–water partition coefficient (Wildman–Crippen LogP) is 1.65. The molecule has 1 aromatic rings. The number of hydrogen-bond donors (Lipinski definition) is 2. The Bertz CT molecular complexity index is 358. The van der Waals surface area contributed by atoms with Crippen molar-refractivity contribution in [2.45, 2.75) is 19.9 Å². The number of aliphatic hydroxyl groups excluding tert-OH is 1. The molecule has 1 aromatic carbocycles. The summed E-state index contributed by atoms with van der Waals surface area (Å²) < 4.78 is 0. The molecule has 0 unspecified atom stereocenters. The molecule has 18 heavy (non-hydrogen) atoms. The fourth-order valence-electron chi connectivity index (χ4n) is 2.82. The molecule has 3 heteroatoms. The monoisotopic (exact) mass is 248 g/mol. The quantitative estimate of drug-likeness (QED) is 0.850. The van der Waals surface area contributed by atoms with Crippen LogP contribution < -0.4 is 5.32 Å². The number of piperazine rings is 1. The van der Waals surface area contributed by atoms with Crippen molar-refractivity contribution in [3.63, 3.8) is 0 Å². The van der Waals surface area contributed by atoms with Crippen LogP contribution in [0.15, 0.2) is 30.3 Å². The first kappa shape index (κ1) is 13.5. The zero-order valence-electron chi connectivity index (χ0n) is 11.4. The summed E-state index contributed by atoms with van der Waals surface area (Å²) >= 11 is 0. The van der Waals surface area contributed by atoms with Crippen LogP contribution >= 0.6 is 0 Å². The predicted molar refractivity (Wildman–Crippen MR) is 74.5 cm³/mol. The van der Waals surface area contributed by atoms with Crippen LogP contribution in [0.5, 0.6) is 0 Å². The Morgan fingerprint density at radius 3 is 2.39 bits per heavy atom. The molecule has 0 aliphatic carbocycles. The van der Waals surface area contributed by atoms with Crippen LogP contribution in [0.1, 0.15) is 25.5 Å². The van der Waals surface area contributed by atoms with Gasteiger partial charge in [0.05, 0.1) is 0 Å². The van der Waals surface area contributed by atoms with Crippen molar-refractivity contribution in [3.8, 4) is 0 Å². The lowest BCUT2D eigenvalue weighted by molar-refractivity contribution is 0.0305. The first-order valence-corrected chi connectivity index (χ1v) is 6.76. The van der Waals surface area contributed by atoms with Gasteiger partial charge in [0.2, 0.25) is 0 Å². The van der Waals surface area contributed by atoms with Gasteiger partial charge in [0.1, 0.15) is 0 Å². The van der Waals surface area contributed by atoms with Gasteiger partial charge in [0.25, 0.3) is 0 Å². The molecule has 1 fully saturated rings. The van der Waals surface area contributed by atoms with Crippen LogP contribution in [0, 0.1) is 5.41 Å². The van der Waals surface area contributed by atoms with Gasteiger partial charge >= 0.3 is 0 Å². The van der Waals surface area contributed by atoms with Crippen molar-refractivity contribution in [1.82, 2.24) is 10.2 Å². The van der Waals surface area contributed by atoms with Gasteiger partial charge < -0.3 is 10.4 Å². The Kier molecular flexibility index (Phi) is 4.38. The van der Waals surface area contributed by atoms with E-state index in [0.717, 1.165) is 26.2 Å². The van der Waals surface area contributed by atoms with Crippen LogP contribution in [-0.4, -0.2) is 42.8 Å². The summed E-state index contributed by atoms with van der Waals surface area (Å²) in [6, 6.07) is 10.8. The third-order valence-corrected chi connectivity index (χ3v) is 3.78. The average molecular weight is 248 g/mol. The van der Waals surface area contributed by atoms with Crippen molar-refractivity contribution in [2.24, 2.45) is 5.41 Å². The van der Waals surface area contributed by atoms with E-state index in [2.05, 4.69) is 48.3 Å². The topological polar surface area (TPSA) is 35.5 Å². The Labute approximate surface area is 110 Å². The minimum Gasteiger partial charge on any atom is -0.396 e. The molecule has 1 aliphatic heterocycles. The smallest absolute Gasteiger partial charge is 0.0500 e. The SMILES string of the molecule is CC(C)(CO)[C@@H](c1ccccc1)N1CCNCC1. The summed E-state index contributed by atoms with van der Waals surface area (Å²) in [5.41, 5.74) is 1.18. The van der Waals surface area contributed by atoms with Crippen LogP contribution in [0.2, 0.25) is 0 Å². The standard InChI is InChI=1S/C15H24N2O/c1-15(2,12-18)14(13-6-4-3-5-7-13)17-10-8-16-9-11-17/h3-7,14,16,18H,8-12H2,1-2H3/t14-/m1/s1. The van der Waals surface area contributed by atoms with Crippen molar-refractivity contribution in [1.29, 1.82) is 0 Å². The minimum atomic E-state index is -0.126. The molecule has 100 valence electrons. The number of aliphatic hydroxyl groups is 1. The van der Waals surface area contributed by atoms with Crippen LogP contribution in [0.25, 0.3) is 0 Å². The zero-order valence-corrected chi connectivity index (χ0v) is 11.4. The van der Waals surface area contributed by atoms with Crippen molar-refractivity contribution in [3.05, 3.63) is 35.9 Å². The van der Waals surface area contributed by atoms with Crippen LogP contribution in [0.4, 0.5) is 0 Å². The fraction of sp³-hybridized carbons (Fsp3) is 0.600. The largest absolute Gasteiger partial charge is 0.396 e. The molecule has 1 aliphatic rings. The highest BCUT2D eigenvalue weighted by Crippen LogP contribution is 2.37. The normalized spacial score (nSPS) is 19.7. The maximum Gasteiger partial charge on any atom is 0.0500 e. The first-order valence-electron chi connectivity index (χ1n) is 6.76. The first-order chi connectivity index (χ1) is 8.65. The second kappa shape index (κ2) is 5.83. The Morgan fingerprint density at radius 1 is 1.22 bits per heavy atom. The highest BCUT2D eigenvalue weighted by molar-refractivity contribution is 5.21. The molecule has 0 bridgehead atoms. The molecule has 0 radical (unpaired) electrons. The molecule has 0 aromatic heterocycles. The number of rotatable bonds is 4. The van der Waals surface area contributed by atoms with E-state index in [1.165, 1.54) is 5.56 Å². The fourth-order valence-corrected chi connectivity index (χ4v) is 2.82. The van der Waals surface area contributed by atoms with E-state index in [1.807, 2.05) is 6.07 Å². The summed E-state index contributed by atoms with van der Waals surface area (Å²) in [6.45, 7) is 8.65. The molecule has 2 rings (SSSR count). The van der Waals surface area contributed by atoms with Gasteiger partial charge in [-0.2, -0.15) is 0 Å². The molecule has 0 spiro atoms. The molecule has 0 amide bonds. The van der Waals surface area contributed by atoms with E-state index >= 15 is 0 Å². The maximum atomic E-state index is 9.71. The van der Waals surface area contributed by atoms with E-state index in [9.17, 15) is 5.11 Å². The number of hydrogen-bond acceptors (Lipinski definition) is 3. The van der Waals surface area contributed by atoms with Crippen molar-refractivity contribution in [2.75, 3.05) is 32.8 Å². The summed E-state index contributed by atoms with van der Waals surface area (Å²) in [5.74, 6) is 0. The van der Waals surface area contributed by atoms with Crippen molar-refractivity contribution < 1.29 is 5.11 Å². The molecule has 3 nitrogen and oxygen atoms in total. The number of nitrogens with one attached hydrogen (secondary N) is 1. The van der Waals surface area contributed by atoms with Gasteiger partial charge in [-0.3, -0.25) is 4.90 Å². The highest BCUT2D eigenvalue weighted by Gasteiger charge is 2.35. The second-order valence-corrected chi connectivity index (χ2v) is 5.75. The maximum absolute atomic E-state index is 9.71. The Balaban J connectivity index is 2.28. The third kappa shape index (κ3) is 2.91. The number of nitrogens with zero attached hydrogens (tertiary/aromatic N) is 1. The van der Waals surface area contributed by atoms with Crippen molar-refractivity contribution >= 4 is 0 Å². The second-order valence-electron chi connectivity index (χ2n) is 5.75. The summed E-state index contributed by atoms with van der Waals surface area (Å²) in [6.07, 6.45) is 0. The number of benzene rings is 1. The highest BCUT2D eigenvalue weighted by atomic mass is 16.3. The van der Waals surface area contributed by atoms with Gasteiger partial charge in [0.15, 0.2) is 0 Å². The van der Waals surface area contributed by atoms with Gasteiger partial charge in [0, 0.05) is 44.2 Å². The summed E-state index contributed by atoms with van der Waals surface area (Å²) in [4.78, 5) is 2.49. The summed E-state index contributed by atoms with van der Waals surface area (Å²) in [7, 11) is 0. The molecular weight excluding hydrogens is 224 g/mol. The van der Waals surface area contributed by atoms with Crippen LogP contribution in [-0.2, 0) is 0 Å². The zero-order chi connectivity index (χ0) is 13.0. The molecule has 1 saturated heterocycles.